The Balaban J connectivity index is 1.46. The molecule has 1 atom stereocenters. The van der Waals surface area contributed by atoms with Crippen molar-refractivity contribution in [1.82, 2.24) is 20.4 Å². The van der Waals surface area contributed by atoms with Gasteiger partial charge in [-0.1, -0.05) is 54.2 Å². The second kappa shape index (κ2) is 7.48. The molecule has 6 nitrogen and oxygen atoms in total. The molecule has 2 aromatic rings. The van der Waals surface area contributed by atoms with Crippen LogP contribution >= 0.6 is 0 Å². The van der Waals surface area contributed by atoms with E-state index in [0.29, 0.717) is 17.8 Å². The first-order valence-electron chi connectivity index (χ1n) is 9.68. The highest BCUT2D eigenvalue weighted by Crippen LogP contribution is 2.32. The summed E-state index contributed by atoms with van der Waals surface area (Å²) in [6.07, 6.45) is 7.70. The van der Waals surface area contributed by atoms with E-state index in [4.69, 9.17) is 4.52 Å². The molecule has 2 fully saturated rings. The summed E-state index contributed by atoms with van der Waals surface area (Å²) < 4.78 is 5.52. The van der Waals surface area contributed by atoms with Crippen LogP contribution in [0, 0.1) is 6.92 Å². The van der Waals surface area contributed by atoms with Crippen molar-refractivity contribution in [3.63, 3.8) is 0 Å². The third kappa shape index (κ3) is 3.59. The van der Waals surface area contributed by atoms with E-state index < -0.39 is 0 Å². The normalized spacial score (nSPS) is 21.1. The Kier molecular flexibility index (Phi) is 4.91. The monoisotopic (exact) mass is 354 g/mol. The first-order chi connectivity index (χ1) is 12.7. The molecule has 26 heavy (non-hydrogen) atoms. The number of amides is 2. The number of carbonyl (C=O) groups is 1. The molecule has 1 aliphatic heterocycles. The zero-order valence-electron chi connectivity index (χ0n) is 15.3. The van der Waals surface area contributed by atoms with Crippen LogP contribution in [-0.2, 0) is 0 Å². The molecule has 0 bridgehead atoms. The summed E-state index contributed by atoms with van der Waals surface area (Å²) in [5, 5.41) is 7.33. The van der Waals surface area contributed by atoms with Crippen molar-refractivity contribution < 1.29 is 9.32 Å². The standard InChI is InChI=1S/C20H26N4O2/c1-14-9-11-15(12-10-14)18-22-19(26-23-18)17-8-5-13-24(17)20(25)21-16-6-3-2-4-7-16/h9-12,16-17H,2-8,13H2,1H3,(H,21,25). The summed E-state index contributed by atoms with van der Waals surface area (Å²) in [5.74, 6) is 1.12. The summed E-state index contributed by atoms with van der Waals surface area (Å²) in [6, 6.07) is 8.25. The zero-order valence-corrected chi connectivity index (χ0v) is 15.3. The van der Waals surface area contributed by atoms with Crippen LogP contribution in [0.4, 0.5) is 4.79 Å². The minimum atomic E-state index is -0.120. The third-order valence-electron chi connectivity index (χ3n) is 5.48. The van der Waals surface area contributed by atoms with Gasteiger partial charge in [-0.15, -0.1) is 0 Å². The Morgan fingerprint density at radius 2 is 1.88 bits per heavy atom. The quantitative estimate of drug-likeness (QED) is 0.895. The van der Waals surface area contributed by atoms with Crippen LogP contribution in [0.25, 0.3) is 11.4 Å². The van der Waals surface area contributed by atoms with Gasteiger partial charge in [0.15, 0.2) is 0 Å². The van der Waals surface area contributed by atoms with Crippen molar-refractivity contribution in [2.24, 2.45) is 0 Å². The highest BCUT2D eigenvalue weighted by molar-refractivity contribution is 5.75. The Labute approximate surface area is 154 Å². The van der Waals surface area contributed by atoms with Gasteiger partial charge in [-0.2, -0.15) is 4.98 Å². The fraction of sp³-hybridized carbons (Fsp3) is 0.550. The lowest BCUT2D eigenvalue weighted by molar-refractivity contribution is 0.173. The van der Waals surface area contributed by atoms with Gasteiger partial charge in [-0.3, -0.25) is 0 Å². The number of carbonyl (C=O) groups excluding carboxylic acids is 1. The van der Waals surface area contributed by atoms with Crippen LogP contribution in [0.1, 0.15) is 62.4 Å². The highest BCUT2D eigenvalue weighted by atomic mass is 16.5. The van der Waals surface area contributed by atoms with Gasteiger partial charge in [0.05, 0.1) is 0 Å². The minimum Gasteiger partial charge on any atom is -0.337 e. The van der Waals surface area contributed by atoms with E-state index in [1.807, 2.05) is 36.1 Å². The van der Waals surface area contributed by atoms with E-state index >= 15 is 0 Å². The van der Waals surface area contributed by atoms with E-state index in [0.717, 1.165) is 37.8 Å². The number of likely N-dealkylation sites (tertiary alicyclic amines) is 1. The van der Waals surface area contributed by atoms with Crippen molar-refractivity contribution in [1.29, 1.82) is 0 Å². The summed E-state index contributed by atoms with van der Waals surface area (Å²) in [4.78, 5) is 19.2. The molecule has 2 heterocycles. The number of rotatable bonds is 3. The van der Waals surface area contributed by atoms with Gasteiger partial charge < -0.3 is 14.7 Å². The molecule has 1 N–H and O–H groups in total. The van der Waals surface area contributed by atoms with E-state index in [1.54, 1.807) is 0 Å². The summed E-state index contributed by atoms with van der Waals surface area (Å²) in [6.45, 7) is 2.79. The molecule has 6 heteroatoms. The molecular formula is C20H26N4O2. The van der Waals surface area contributed by atoms with Crippen molar-refractivity contribution in [2.75, 3.05) is 6.54 Å². The maximum atomic E-state index is 12.7. The zero-order chi connectivity index (χ0) is 17.9. The molecule has 1 saturated carbocycles. The molecule has 4 rings (SSSR count). The van der Waals surface area contributed by atoms with Crippen molar-refractivity contribution in [3.8, 4) is 11.4 Å². The average Bonchev–Trinajstić information content (AvgIpc) is 3.32. The van der Waals surface area contributed by atoms with E-state index in [-0.39, 0.29) is 12.1 Å². The molecular weight excluding hydrogens is 328 g/mol. The summed E-state index contributed by atoms with van der Waals surface area (Å²) in [5.41, 5.74) is 2.13. The lowest BCUT2D eigenvalue weighted by Gasteiger charge is -2.28. The molecule has 1 unspecified atom stereocenters. The summed E-state index contributed by atoms with van der Waals surface area (Å²) >= 11 is 0. The molecule has 138 valence electrons. The van der Waals surface area contributed by atoms with Crippen LogP contribution in [0.5, 0.6) is 0 Å². The number of aromatic nitrogens is 2. The first-order valence-corrected chi connectivity index (χ1v) is 9.68. The predicted octanol–water partition coefficient (Wildman–Crippen LogP) is 4.22. The smallest absolute Gasteiger partial charge is 0.318 e. The Bertz CT molecular complexity index is 749. The fourth-order valence-electron chi connectivity index (χ4n) is 3.96. The van der Waals surface area contributed by atoms with E-state index in [9.17, 15) is 4.79 Å². The van der Waals surface area contributed by atoms with Crippen LogP contribution < -0.4 is 5.32 Å². The van der Waals surface area contributed by atoms with Gasteiger partial charge in [0, 0.05) is 18.2 Å². The predicted molar refractivity (Wildman–Crippen MR) is 98.6 cm³/mol. The maximum Gasteiger partial charge on any atom is 0.318 e. The topological polar surface area (TPSA) is 71.3 Å². The molecule has 1 aromatic carbocycles. The van der Waals surface area contributed by atoms with E-state index in [2.05, 4.69) is 15.5 Å². The molecule has 0 radical (unpaired) electrons. The Morgan fingerprint density at radius 3 is 2.65 bits per heavy atom. The largest absolute Gasteiger partial charge is 0.337 e. The number of aryl methyl sites for hydroxylation is 1. The Morgan fingerprint density at radius 1 is 1.12 bits per heavy atom. The number of hydrogen-bond acceptors (Lipinski definition) is 4. The summed E-state index contributed by atoms with van der Waals surface area (Å²) in [7, 11) is 0. The van der Waals surface area contributed by atoms with E-state index in [1.165, 1.54) is 24.8 Å². The van der Waals surface area contributed by atoms with Crippen molar-refractivity contribution in [2.45, 2.75) is 64.0 Å². The number of urea groups is 1. The molecule has 1 saturated heterocycles. The van der Waals surface area contributed by atoms with Gasteiger partial charge in [0.25, 0.3) is 0 Å². The third-order valence-corrected chi connectivity index (χ3v) is 5.48. The van der Waals surface area contributed by atoms with Gasteiger partial charge >= 0.3 is 6.03 Å². The second-order valence-corrected chi connectivity index (χ2v) is 7.46. The first kappa shape index (κ1) is 17.1. The molecule has 1 aromatic heterocycles. The lowest BCUT2D eigenvalue weighted by Crippen LogP contribution is -2.45. The average molecular weight is 354 g/mol. The minimum absolute atomic E-state index is 0.00878. The van der Waals surface area contributed by atoms with Gasteiger partial charge in [0.2, 0.25) is 11.7 Å². The maximum absolute atomic E-state index is 12.7. The van der Waals surface area contributed by atoms with Crippen molar-refractivity contribution in [3.05, 3.63) is 35.7 Å². The Hall–Kier alpha value is -2.37. The van der Waals surface area contributed by atoms with Crippen LogP contribution in [0.3, 0.4) is 0 Å². The number of hydrogen-bond donors (Lipinski definition) is 1. The molecule has 1 aliphatic carbocycles. The number of nitrogens with one attached hydrogen (secondary N) is 1. The SMILES string of the molecule is Cc1ccc(-c2noc(C3CCCN3C(=O)NC3CCCCC3)n2)cc1. The van der Waals surface area contributed by atoms with Crippen molar-refractivity contribution >= 4 is 6.03 Å². The molecule has 2 amide bonds. The van der Waals surface area contributed by atoms with Crippen LogP contribution in [-0.4, -0.2) is 33.7 Å². The lowest BCUT2D eigenvalue weighted by atomic mass is 9.96. The number of benzene rings is 1. The molecule has 0 spiro atoms. The van der Waals surface area contributed by atoms with Crippen LogP contribution in [0.15, 0.2) is 28.8 Å². The van der Waals surface area contributed by atoms with Crippen LogP contribution in [0.2, 0.25) is 0 Å². The van der Waals surface area contributed by atoms with Gasteiger partial charge in [0.1, 0.15) is 6.04 Å². The fourth-order valence-corrected chi connectivity index (χ4v) is 3.96. The highest BCUT2D eigenvalue weighted by Gasteiger charge is 2.35. The van der Waals surface area contributed by atoms with Gasteiger partial charge in [-0.05, 0) is 32.6 Å². The number of nitrogens with zero attached hydrogens (tertiary/aromatic N) is 3. The molecule has 2 aliphatic rings. The second-order valence-electron chi connectivity index (χ2n) is 7.46. The van der Waals surface area contributed by atoms with Gasteiger partial charge in [-0.25, -0.2) is 4.79 Å².